The third-order valence-corrected chi connectivity index (χ3v) is 3.41. The molecule has 1 aromatic carbocycles. The molecule has 1 aromatic rings. The molecular weight excluding hydrogens is 216 g/mol. The van der Waals surface area contributed by atoms with Crippen molar-refractivity contribution in [1.82, 2.24) is 4.90 Å². The second-order valence-electron chi connectivity index (χ2n) is 4.49. The number of fused-ring (bicyclic) bond motifs is 3. The Morgan fingerprint density at radius 3 is 2.82 bits per heavy atom. The molecule has 0 aliphatic carbocycles. The molecule has 2 heterocycles. The highest BCUT2D eigenvalue weighted by Gasteiger charge is 2.49. The Morgan fingerprint density at radius 1 is 1.29 bits per heavy atom. The summed E-state index contributed by atoms with van der Waals surface area (Å²) in [5, 5.41) is 0. The molecule has 3 amide bonds. The predicted molar refractivity (Wildman–Crippen MR) is 63.8 cm³/mol. The summed E-state index contributed by atoms with van der Waals surface area (Å²) < 4.78 is 0. The fourth-order valence-corrected chi connectivity index (χ4v) is 2.65. The molecular formula is C13H14N2O2. The van der Waals surface area contributed by atoms with Crippen LogP contribution in [0.2, 0.25) is 0 Å². The molecule has 0 radical (unpaired) electrons. The van der Waals surface area contributed by atoms with Crippen LogP contribution in [0.15, 0.2) is 24.3 Å². The summed E-state index contributed by atoms with van der Waals surface area (Å²) in [5.74, 6) is -0.0481. The summed E-state index contributed by atoms with van der Waals surface area (Å²) >= 11 is 0. The van der Waals surface area contributed by atoms with Crippen molar-refractivity contribution in [3.8, 4) is 0 Å². The Morgan fingerprint density at radius 2 is 2.06 bits per heavy atom. The first-order valence-electron chi connectivity index (χ1n) is 5.96. The van der Waals surface area contributed by atoms with E-state index in [0.29, 0.717) is 13.0 Å². The fraction of sp³-hybridized carbons (Fsp3) is 0.385. The molecule has 4 heteroatoms. The lowest BCUT2D eigenvalue weighted by Crippen LogP contribution is -2.33. The van der Waals surface area contributed by atoms with Gasteiger partial charge in [-0.25, -0.2) is 4.79 Å². The Kier molecular flexibility index (Phi) is 2.18. The van der Waals surface area contributed by atoms with Gasteiger partial charge in [-0.2, -0.15) is 0 Å². The molecule has 2 aliphatic heterocycles. The van der Waals surface area contributed by atoms with E-state index in [1.54, 1.807) is 4.90 Å². The average Bonchev–Trinajstić information content (AvgIpc) is 2.82. The molecule has 17 heavy (non-hydrogen) atoms. The predicted octanol–water partition coefficient (Wildman–Crippen LogP) is 1.79. The summed E-state index contributed by atoms with van der Waals surface area (Å²) in [5.41, 5.74) is 1.99. The van der Waals surface area contributed by atoms with Crippen LogP contribution in [0, 0.1) is 0 Å². The number of carbonyl (C=O) groups is 2. The molecule has 0 aromatic heterocycles. The fourth-order valence-electron chi connectivity index (χ4n) is 2.65. The first-order chi connectivity index (χ1) is 8.24. The minimum Gasteiger partial charge on any atom is -0.281 e. The number of anilines is 1. The summed E-state index contributed by atoms with van der Waals surface area (Å²) in [6, 6.07) is 7.29. The van der Waals surface area contributed by atoms with E-state index in [0.717, 1.165) is 17.7 Å². The Labute approximate surface area is 99.8 Å². The lowest BCUT2D eigenvalue weighted by atomic mass is 10.1. The van der Waals surface area contributed by atoms with Crippen LogP contribution in [0.4, 0.5) is 10.5 Å². The number of carbonyl (C=O) groups excluding carboxylic acids is 2. The first-order valence-corrected chi connectivity index (χ1v) is 5.96. The molecule has 1 saturated heterocycles. The molecule has 0 saturated carbocycles. The zero-order chi connectivity index (χ0) is 12.0. The van der Waals surface area contributed by atoms with Gasteiger partial charge in [0.2, 0.25) is 0 Å². The van der Waals surface area contributed by atoms with E-state index in [2.05, 4.69) is 0 Å². The van der Waals surface area contributed by atoms with Gasteiger partial charge in [0, 0.05) is 18.7 Å². The topological polar surface area (TPSA) is 40.6 Å². The average molecular weight is 230 g/mol. The van der Waals surface area contributed by atoms with Crippen molar-refractivity contribution < 1.29 is 9.59 Å². The quantitative estimate of drug-likeness (QED) is 0.727. The van der Waals surface area contributed by atoms with Crippen molar-refractivity contribution in [3.05, 3.63) is 29.8 Å². The molecule has 0 N–H and O–H groups in total. The third kappa shape index (κ3) is 1.30. The van der Waals surface area contributed by atoms with Crippen LogP contribution in [0.3, 0.4) is 0 Å². The summed E-state index contributed by atoms with van der Waals surface area (Å²) in [6.07, 6.45) is 1.46. The highest BCUT2D eigenvalue weighted by molar-refractivity contribution is 6.16. The molecule has 1 atom stereocenters. The van der Waals surface area contributed by atoms with Crippen molar-refractivity contribution in [2.75, 3.05) is 11.4 Å². The second kappa shape index (κ2) is 3.58. The van der Waals surface area contributed by atoms with Gasteiger partial charge in [0.25, 0.3) is 5.91 Å². The van der Waals surface area contributed by atoms with Crippen LogP contribution < -0.4 is 4.90 Å². The smallest absolute Gasteiger partial charge is 0.281 e. The van der Waals surface area contributed by atoms with E-state index < -0.39 is 0 Å². The minimum absolute atomic E-state index is 0.0481. The highest BCUT2D eigenvalue weighted by Crippen LogP contribution is 2.37. The van der Waals surface area contributed by atoms with E-state index in [1.807, 2.05) is 31.2 Å². The summed E-state index contributed by atoms with van der Waals surface area (Å²) in [4.78, 5) is 27.3. The molecule has 4 nitrogen and oxygen atoms in total. The van der Waals surface area contributed by atoms with Crippen molar-refractivity contribution in [1.29, 1.82) is 0 Å². The number of hydrogen-bond acceptors (Lipinski definition) is 2. The lowest BCUT2D eigenvalue weighted by Gasteiger charge is -2.16. The standard InChI is InChI=1S/C13H14N2O2/c1-2-7-14-12(16)11-8-9-5-3-4-6-10(9)15(11)13(14)17/h3-6,11H,2,7-8H2,1H3. The number of hydrogen-bond donors (Lipinski definition) is 0. The number of benzene rings is 1. The SMILES string of the molecule is CCCN1C(=O)C2Cc3ccccc3N2C1=O. The largest absolute Gasteiger partial charge is 0.332 e. The molecule has 2 aliphatic rings. The van der Waals surface area contributed by atoms with Crippen LogP contribution in [0.1, 0.15) is 18.9 Å². The van der Waals surface area contributed by atoms with Gasteiger partial charge in [-0.3, -0.25) is 14.6 Å². The molecule has 1 unspecified atom stereocenters. The Hall–Kier alpha value is -1.84. The zero-order valence-corrected chi connectivity index (χ0v) is 9.72. The Bertz CT molecular complexity index is 498. The first kappa shape index (κ1) is 10.3. The van der Waals surface area contributed by atoms with Crippen LogP contribution in [-0.2, 0) is 11.2 Å². The molecule has 88 valence electrons. The monoisotopic (exact) mass is 230 g/mol. The number of para-hydroxylation sites is 1. The van der Waals surface area contributed by atoms with Crippen LogP contribution >= 0.6 is 0 Å². The molecule has 3 rings (SSSR count). The maximum atomic E-state index is 12.2. The van der Waals surface area contributed by atoms with Gasteiger partial charge >= 0.3 is 6.03 Å². The second-order valence-corrected chi connectivity index (χ2v) is 4.49. The number of nitrogens with zero attached hydrogens (tertiary/aromatic N) is 2. The van der Waals surface area contributed by atoms with Gasteiger partial charge < -0.3 is 0 Å². The van der Waals surface area contributed by atoms with Gasteiger partial charge in [0.1, 0.15) is 6.04 Å². The lowest BCUT2D eigenvalue weighted by molar-refractivity contribution is -0.127. The van der Waals surface area contributed by atoms with Crippen molar-refractivity contribution in [3.63, 3.8) is 0 Å². The number of amides is 3. The minimum atomic E-state index is -0.300. The highest BCUT2D eigenvalue weighted by atomic mass is 16.2. The van der Waals surface area contributed by atoms with Crippen molar-refractivity contribution in [2.45, 2.75) is 25.8 Å². The van der Waals surface area contributed by atoms with Gasteiger partial charge in [0.15, 0.2) is 0 Å². The van der Waals surface area contributed by atoms with Gasteiger partial charge in [-0.1, -0.05) is 25.1 Å². The van der Waals surface area contributed by atoms with Crippen LogP contribution in [0.25, 0.3) is 0 Å². The number of urea groups is 1. The molecule has 0 bridgehead atoms. The van der Waals surface area contributed by atoms with Crippen LogP contribution in [0.5, 0.6) is 0 Å². The zero-order valence-electron chi connectivity index (χ0n) is 9.72. The van der Waals surface area contributed by atoms with E-state index >= 15 is 0 Å². The van der Waals surface area contributed by atoms with Gasteiger partial charge in [-0.15, -0.1) is 0 Å². The molecule has 0 spiro atoms. The maximum absolute atomic E-state index is 12.2. The normalized spacial score (nSPS) is 22.1. The number of imide groups is 1. The summed E-state index contributed by atoms with van der Waals surface area (Å²) in [6.45, 7) is 2.49. The van der Waals surface area contributed by atoms with Crippen molar-refractivity contribution >= 4 is 17.6 Å². The number of rotatable bonds is 2. The van der Waals surface area contributed by atoms with Gasteiger partial charge in [0.05, 0.1) is 0 Å². The van der Waals surface area contributed by atoms with E-state index in [-0.39, 0.29) is 18.0 Å². The van der Waals surface area contributed by atoms with Gasteiger partial charge in [-0.05, 0) is 18.1 Å². The Balaban J connectivity index is 2.00. The van der Waals surface area contributed by atoms with Crippen molar-refractivity contribution in [2.24, 2.45) is 0 Å². The maximum Gasteiger partial charge on any atom is 0.332 e. The summed E-state index contributed by atoms with van der Waals surface area (Å²) in [7, 11) is 0. The van der Waals surface area contributed by atoms with E-state index in [4.69, 9.17) is 0 Å². The van der Waals surface area contributed by atoms with E-state index in [1.165, 1.54) is 4.90 Å². The van der Waals surface area contributed by atoms with E-state index in [9.17, 15) is 9.59 Å². The third-order valence-electron chi connectivity index (χ3n) is 3.41. The molecule has 1 fully saturated rings. The van der Waals surface area contributed by atoms with Crippen LogP contribution in [-0.4, -0.2) is 29.4 Å².